The van der Waals surface area contributed by atoms with Gasteiger partial charge in [0.05, 0.1) is 5.52 Å². The van der Waals surface area contributed by atoms with Crippen molar-refractivity contribution in [3.63, 3.8) is 0 Å². The van der Waals surface area contributed by atoms with E-state index in [1.165, 1.54) is 5.56 Å². The maximum absolute atomic E-state index is 5.98. The number of hydrogen-bond donors (Lipinski definition) is 0. The van der Waals surface area contributed by atoms with Crippen LogP contribution >= 0.6 is 35.0 Å². The normalized spacial score (nSPS) is 11.0. The van der Waals surface area contributed by atoms with Crippen LogP contribution in [0.25, 0.3) is 10.9 Å². The third-order valence-electron chi connectivity index (χ3n) is 4.18. The Morgan fingerprint density at radius 1 is 0.704 bits per heavy atom. The molecule has 0 aliphatic rings. The topological polar surface area (TPSA) is 25.8 Å². The van der Waals surface area contributed by atoms with Crippen LogP contribution in [0.3, 0.4) is 0 Å². The summed E-state index contributed by atoms with van der Waals surface area (Å²) in [6, 6.07) is 23.9. The molecule has 0 spiro atoms. The van der Waals surface area contributed by atoms with Crippen molar-refractivity contribution in [3.05, 3.63) is 99.8 Å². The molecule has 0 fully saturated rings. The molecule has 2 nitrogen and oxygen atoms in total. The number of hydrogen-bond acceptors (Lipinski definition) is 3. The van der Waals surface area contributed by atoms with Crippen molar-refractivity contribution in [1.29, 1.82) is 0 Å². The van der Waals surface area contributed by atoms with E-state index in [2.05, 4.69) is 6.07 Å². The van der Waals surface area contributed by atoms with E-state index in [9.17, 15) is 0 Å². The number of fused-ring (bicyclic) bond motifs is 1. The summed E-state index contributed by atoms with van der Waals surface area (Å²) < 4.78 is 0. The average molecular weight is 411 g/mol. The van der Waals surface area contributed by atoms with Gasteiger partial charge in [-0.1, -0.05) is 65.7 Å². The van der Waals surface area contributed by atoms with Crippen LogP contribution in [0.4, 0.5) is 0 Å². The van der Waals surface area contributed by atoms with Gasteiger partial charge < -0.3 is 0 Å². The third kappa shape index (κ3) is 4.62. The molecule has 4 rings (SSSR count). The fourth-order valence-electron chi connectivity index (χ4n) is 2.80. The molecule has 5 heteroatoms. The van der Waals surface area contributed by atoms with Crippen molar-refractivity contribution in [2.75, 3.05) is 0 Å². The minimum Gasteiger partial charge on any atom is -0.232 e. The molecule has 0 bridgehead atoms. The molecule has 134 valence electrons. The highest BCUT2D eigenvalue weighted by atomic mass is 35.5. The first kappa shape index (κ1) is 18.3. The number of benzene rings is 3. The smallest absolute Gasteiger partial charge is 0.134 e. The predicted octanol–water partition coefficient (Wildman–Crippen LogP) is 6.82. The number of halogens is 2. The molecule has 0 atom stereocenters. The minimum atomic E-state index is 0.677. The minimum absolute atomic E-state index is 0.677. The van der Waals surface area contributed by atoms with E-state index in [1.807, 2.05) is 66.7 Å². The van der Waals surface area contributed by atoms with E-state index < -0.39 is 0 Å². The molecule has 1 heterocycles. The SMILES string of the molecule is Clc1ccc(CSc2nc(Cc3ccc(Cl)cc3)nc3ccccc23)cc1. The zero-order valence-corrected chi connectivity index (χ0v) is 16.7. The van der Waals surface area contributed by atoms with Crippen LogP contribution in [0.2, 0.25) is 10.0 Å². The Balaban J connectivity index is 1.63. The van der Waals surface area contributed by atoms with Gasteiger partial charge in [0.1, 0.15) is 10.9 Å². The first-order valence-electron chi connectivity index (χ1n) is 8.55. The van der Waals surface area contributed by atoms with Crippen molar-refractivity contribution >= 4 is 45.9 Å². The van der Waals surface area contributed by atoms with E-state index in [4.69, 9.17) is 33.2 Å². The van der Waals surface area contributed by atoms with E-state index in [1.54, 1.807) is 11.8 Å². The van der Waals surface area contributed by atoms with Gasteiger partial charge in [0, 0.05) is 27.6 Å². The molecular weight excluding hydrogens is 395 g/mol. The molecular formula is C22H16Cl2N2S. The quantitative estimate of drug-likeness (QED) is 0.266. The predicted molar refractivity (Wildman–Crippen MR) is 115 cm³/mol. The highest BCUT2D eigenvalue weighted by molar-refractivity contribution is 7.98. The van der Waals surface area contributed by atoms with Gasteiger partial charge in [-0.2, -0.15) is 0 Å². The second kappa shape index (κ2) is 8.30. The summed E-state index contributed by atoms with van der Waals surface area (Å²) in [7, 11) is 0. The lowest BCUT2D eigenvalue weighted by Gasteiger charge is -2.09. The second-order valence-corrected chi connectivity index (χ2v) is 8.02. The van der Waals surface area contributed by atoms with Crippen molar-refractivity contribution < 1.29 is 0 Å². The molecule has 0 amide bonds. The van der Waals surface area contributed by atoms with Gasteiger partial charge in [-0.3, -0.25) is 0 Å². The van der Waals surface area contributed by atoms with Gasteiger partial charge >= 0.3 is 0 Å². The van der Waals surface area contributed by atoms with Gasteiger partial charge in [-0.25, -0.2) is 9.97 Å². The van der Waals surface area contributed by atoms with Crippen LogP contribution in [0, 0.1) is 0 Å². The standard InChI is InChI=1S/C22H16Cl2N2S/c23-17-9-5-15(6-10-17)13-21-25-20-4-2-1-3-19(20)22(26-21)27-14-16-7-11-18(24)12-8-16/h1-12H,13-14H2. The first-order chi connectivity index (χ1) is 13.2. The number of thioether (sulfide) groups is 1. The molecule has 0 saturated heterocycles. The zero-order chi connectivity index (χ0) is 18.6. The van der Waals surface area contributed by atoms with Gasteiger partial charge in [-0.15, -0.1) is 11.8 Å². The van der Waals surface area contributed by atoms with Crippen molar-refractivity contribution in [2.24, 2.45) is 0 Å². The Morgan fingerprint density at radius 3 is 2.04 bits per heavy atom. The fourth-order valence-corrected chi connectivity index (χ4v) is 4.05. The first-order valence-corrected chi connectivity index (χ1v) is 10.3. The monoisotopic (exact) mass is 410 g/mol. The van der Waals surface area contributed by atoms with Crippen LogP contribution in [0.15, 0.2) is 77.8 Å². The van der Waals surface area contributed by atoms with Crippen molar-refractivity contribution in [3.8, 4) is 0 Å². The summed E-state index contributed by atoms with van der Waals surface area (Å²) in [5, 5.41) is 3.56. The summed E-state index contributed by atoms with van der Waals surface area (Å²) in [4.78, 5) is 9.59. The maximum atomic E-state index is 5.98. The molecule has 3 aromatic carbocycles. The molecule has 0 N–H and O–H groups in total. The number of rotatable bonds is 5. The Hall–Kier alpha value is -2.07. The van der Waals surface area contributed by atoms with Gasteiger partial charge in [0.2, 0.25) is 0 Å². The average Bonchev–Trinajstić information content (AvgIpc) is 2.69. The number of aromatic nitrogens is 2. The van der Waals surface area contributed by atoms with Crippen LogP contribution in [0.5, 0.6) is 0 Å². The summed E-state index contributed by atoms with van der Waals surface area (Å²) in [6.45, 7) is 0. The molecule has 0 unspecified atom stereocenters. The summed E-state index contributed by atoms with van der Waals surface area (Å²) in [6.07, 6.45) is 0.677. The van der Waals surface area contributed by atoms with Crippen molar-refractivity contribution in [1.82, 2.24) is 9.97 Å². The lowest BCUT2D eigenvalue weighted by Crippen LogP contribution is -1.99. The summed E-state index contributed by atoms with van der Waals surface area (Å²) in [5.41, 5.74) is 3.32. The molecule has 4 aromatic rings. The molecule has 1 aromatic heterocycles. The van der Waals surface area contributed by atoms with Crippen LogP contribution in [-0.2, 0) is 12.2 Å². The second-order valence-electron chi connectivity index (χ2n) is 6.18. The van der Waals surface area contributed by atoms with E-state index in [0.717, 1.165) is 43.1 Å². The van der Waals surface area contributed by atoms with E-state index in [-0.39, 0.29) is 0 Å². The van der Waals surface area contributed by atoms with E-state index in [0.29, 0.717) is 6.42 Å². The van der Waals surface area contributed by atoms with Gasteiger partial charge in [0.25, 0.3) is 0 Å². The zero-order valence-electron chi connectivity index (χ0n) is 14.4. The Kier molecular flexibility index (Phi) is 5.63. The Labute approximate surface area is 172 Å². The fraction of sp³-hybridized carbons (Fsp3) is 0.0909. The Morgan fingerprint density at radius 2 is 1.33 bits per heavy atom. The third-order valence-corrected chi connectivity index (χ3v) is 5.75. The highest BCUT2D eigenvalue weighted by Gasteiger charge is 2.09. The molecule has 0 radical (unpaired) electrons. The van der Waals surface area contributed by atoms with Crippen LogP contribution in [-0.4, -0.2) is 9.97 Å². The summed E-state index contributed by atoms with van der Waals surface area (Å²) in [5.74, 6) is 1.65. The van der Waals surface area contributed by atoms with Crippen LogP contribution < -0.4 is 0 Å². The number of nitrogens with zero attached hydrogens (tertiary/aromatic N) is 2. The molecule has 0 aliphatic heterocycles. The van der Waals surface area contributed by atoms with Crippen LogP contribution in [0.1, 0.15) is 17.0 Å². The highest BCUT2D eigenvalue weighted by Crippen LogP contribution is 2.29. The molecule has 0 saturated carbocycles. The van der Waals surface area contributed by atoms with Gasteiger partial charge in [-0.05, 0) is 41.5 Å². The van der Waals surface area contributed by atoms with Crippen molar-refractivity contribution in [2.45, 2.75) is 17.2 Å². The lowest BCUT2D eigenvalue weighted by atomic mass is 10.1. The van der Waals surface area contributed by atoms with E-state index >= 15 is 0 Å². The maximum Gasteiger partial charge on any atom is 0.134 e. The lowest BCUT2D eigenvalue weighted by molar-refractivity contribution is 0.941. The largest absolute Gasteiger partial charge is 0.232 e. The summed E-state index contributed by atoms with van der Waals surface area (Å²) >= 11 is 13.7. The van der Waals surface area contributed by atoms with Gasteiger partial charge in [0.15, 0.2) is 0 Å². The number of para-hydroxylation sites is 1. The Bertz CT molecular complexity index is 1060. The molecule has 27 heavy (non-hydrogen) atoms. The molecule has 0 aliphatic carbocycles.